The van der Waals surface area contributed by atoms with Crippen molar-refractivity contribution in [3.05, 3.63) is 32.7 Å². The molecule has 1 aliphatic carbocycles. The first-order valence-corrected chi connectivity index (χ1v) is 7.41. The lowest BCUT2D eigenvalue weighted by Crippen LogP contribution is -2.08. The molecule has 1 aromatic carbocycles. The molecule has 4 nitrogen and oxygen atoms in total. The monoisotopic (exact) mass is 336 g/mol. The highest BCUT2D eigenvalue weighted by Gasteiger charge is 2.68. The van der Waals surface area contributed by atoms with Crippen LogP contribution in [0.1, 0.15) is 38.1 Å². The standard InChI is InChI=1S/C15H17BrN2O2/c1-14(2)12(15(14,3)4)11(19)7-5-9-10(6-8(7)16)18-13(20)17-9/h5-6,12H,1-4H3,(H2,17,18,20). The predicted molar refractivity (Wildman–Crippen MR) is 82.0 cm³/mol. The number of H-pyrrole nitrogens is 2. The number of Topliss-reactive ketones (excluding diaryl/α,β-unsaturated/α-hetero) is 1. The van der Waals surface area contributed by atoms with Crippen LogP contribution in [-0.4, -0.2) is 15.8 Å². The van der Waals surface area contributed by atoms with Crippen LogP contribution >= 0.6 is 15.9 Å². The molecule has 1 fully saturated rings. The Morgan fingerprint density at radius 3 is 2.10 bits per heavy atom. The molecule has 20 heavy (non-hydrogen) atoms. The Kier molecular flexibility index (Phi) is 2.62. The largest absolute Gasteiger partial charge is 0.323 e. The van der Waals surface area contributed by atoms with Crippen LogP contribution in [0.25, 0.3) is 11.0 Å². The van der Waals surface area contributed by atoms with Gasteiger partial charge in [0.2, 0.25) is 0 Å². The number of hydrogen-bond donors (Lipinski definition) is 2. The molecule has 5 heteroatoms. The van der Waals surface area contributed by atoms with E-state index in [0.29, 0.717) is 16.6 Å². The summed E-state index contributed by atoms with van der Waals surface area (Å²) >= 11 is 3.44. The fourth-order valence-corrected chi connectivity index (χ4v) is 3.79. The molecule has 1 saturated carbocycles. The molecule has 1 heterocycles. The number of rotatable bonds is 2. The van der Waals surface area contributed by atoms with Gasteiger partial charge in [-0.1, -0.05) is 27.7 Å². The van der Waals surface area contributed by atoms with Crippen molar-refractivity contribution in [1.29, 1.82) is 0 Å². The van der Waals surface area contributed by atoms with E-state index in [2.05, 4.69) is 53.6 Å². The van der Waals surface area contributed by atoms with E-state index < -0.39 is 0 Å². The average Bonchev–Trinajstić information content (AvgIpc) is 2.60. The smallest absolute Gasteiger partial charge is 0.306 e. The Hall–Kier alpha value is -1.36. The third-order valence-corrected chi connectivity index (χ3v) is 5.81. The van der Waals surface area contributed by atoms with Crippen molar-refractivity contribution >= 4 is 32.7 Å². The molecule has 0 aliphatic heterocycles. The van der Waals surface area contributed by atoms with Gasteiger partial charge in [0.1, 0.15) is 0 Å². The lowest BCUT2D eigenvalue weighted by Gasteiger charge is -2.05. The third-order valence-electron chi connectivity index (χ3n) is 5.15. The first-order valence-electron chi connectivity index (χ1n) is 6.62. The number of hydrogen-bond acceptors (Lipinski definition) is 2. The zero-order chi connectivity index (χ0) is 14.9. The molecular formula is C15H17BrN2O2. The van der Waals surface area contributed by atoms with Crippen molar-refractivity contribution < 1.29 is 4.79 Å². The predicted octanol–water partition coefficient (Wildman–Crippen LogP) is 3.48. The van der Waals surface area contributed by atoms with Gasteiger partial charge in [0.25, 0.3) is 0 Å². The van der Waals surface area contributed by atoms with Gasteiger partial charge in [0.05, 0.1) is 11.0 Å². The molecule has 0 amide bonds. The van der Waals surface area contributed by atoms with Gasteiger partial charge in [-0.2, -0.15) is 0 Å². The molecule has 0 bridgehead atoms. The van der Waals surface area contributed by atoms with Crippen LogP contribution in [0.15, 0.2) is 21.4 Å². The lowest BCUT2D eigenvalue weighted by molar-refractivity contribution is 0.0944. The van der Waals surface area contributed by atoms with E-state index in [1.807, 2.05) is 0 Å². The summed E-state index contributed by atoms with van der Waals surface area (Å²) in [5, 5.41) is 0. The maximum atomic E-state index is 12.8. The Morgan fingerprint density at radius 2 is 1.60 bits per heavy atom. The van der Waals surface area contributed by atoms with Gasteiger partial charge in [0.15, 0.2) is 5.78 Å². The quantitative estimate of drug-likeness (QED) is 0.824. The van der Waals surface area contributed by atoms with Crippen molar-refractivity contribution in [3.8, 4) is 0 Å². The number of nitrogens with one attached hydrogen (secondary N) is 2. The topological polar surface area (TPSA) is 65.7 Å². The summed E-state index contributed by atoms with van der Waals surface area (Å²) in [5.74, 6) is 0.144. The van der Waals surface area contributed by atoms with E-state index in [1.165, 1.54) is 0 Å². The van der Waals surface area contributed by atoms with E-state index in [-0.39, 0.29) is 28.2 Å². The molecule has 0 unspecified atom stereocenters. The van der Waals surface area contributed by atoms with E-state index in [4.69, 9.17) is 0 Å². The number of imidazole rings is 1. The number of ketones is 1. The van der Waals surface area contributed by atoms with Gasteiger partial charge in [-0.05, 0) is 38.9 Å². The van der Waals surface area contributed by atoms with Crippen LogP contribution in [0.2, 0.25) is 0 Å². The molecule has 0 saturated heterocycles. The summed E-state index contributed by atoms with van der Waals surface area (Å²) in [5.41, 5.74) is 1.75. The van der Waals surface area contributed by atoms with Gasteiger partial charge in [0, 0.05) is 16.0 Å². The minimum absolute atomic E-state index is 0.00400. The Bertz CT molecular complexity index is 769. The highest BCUT2D eigenvalue weighted by molar-refractivity contribution is 9.10. The zero-order valence-electron chi connectivity index (χ0n) is 11.9. The number of aromatic nitrogens is 2. The molecule has 0 radical (unpaired) electrons. The van der Waals surface area contributed by atoms with Crippen molar-refractivity contribution in [2.75, 3.05) is 0 Å². The number of benzene rings is 1. The van der Waals surface area contributed by atoms with Crippen LogP contribution in [0.4, 0.5) is 0 Å². The molecule has 2 aromatic rings. The van der Waals surface area contributed by atoms with Gasteiger partial charge in [-0.15, -0.1) is 0 Å². The first-order chi connectivity index (χ1) is 9.16. The maximum Gasteiger partial charge on any atom is 0.323 e. The average molecular weight is 337 g/mol. The molecule has 3 rings (SSSR count). The molecule has 106 valence electrons. The maximum absolute atomic E-state index is 12.8. The zero-order valence-corrected chi connectivity index (χ0v) is 13.5. The highest BCUT2D eigenvalue weighted by Crippen LogP contribution is 2.69. The second-order valence-electron chi connectivity index (χ2n) is 6.70. The minimum atomic E-state index is -0.261. The second-order valence-corrected chi connectivity index (χ2v) is 7.55. The van der Waals surface area contributed by atoms with Gasteiger partial charge in [-0.3, -0.25) is 4.79 Å². The van der Waals surface area contributed by atoms with Gasteiger partial charge < -0.3 is 9.97 Å². The van der Waals surface area contributed by atoms with Crippen LogP contribution < -0.4 is 5.69 Å². The SMILES string of the molecule is CC1(C)C(C(=O)c2cc3[nH]c(=O)[nH]c3cc2Br)C1(C)C. The van der Waals surface area contributed by atoms with Crippen molar-refractivity contribution in [3.63, 3.8) is 0 Å². The summed E-state index contributed by atoms with van der Waals surface area (Å²) in [6.45, 7) is 8.50. The summed E-state index contributed by atoms with van der Waals surface area (Å²) < 4.78 is 0.726. The summed E-state index contributed by atoms with van der Waals surface area (Å²) in [6, 6.07) is 3.53. The van der Waals surface area contributed by atoms with Crippen molar-refractivity contribution in [2.24, 2.45) is 16.7 Å². The van der Waals surface area contributed by atoms with E-state index in [0.717, 1.165) is 4.47 Å². The molecule has 0 atom stereocenters. The van der Waals surface area contributed by atoms with Crippen LogP contribution in [-0.2, 0) is 0 Å². The van der Waals surface area contributed by atoms with Gasteiger partial charge in [-0.25, -0.2) is 4.79 Å². The molecular weight excluding hydrogens is 320 g/mol. The van der Waals surface area contributed by atoms with E-state index in [1.54, 1.807) is 12.1 Å². The fraction of sp³-hybridized carbons (Fsp3) is 0.467. The van der Waals surface area contributed by atoms with Crippen molar-refractivity contribution in [1.82, 2.24) is 9.97 Å². The number of fused-ring (bicyclic) bond motifs is 1. The number of aromatic amines is 2. The van der Waals surface area contributed by atoms with E-state index >= 15 is 0 Å². The molecule has 1 aromatic heterocycles. The normalized spacial score (nSPS) is 20.2. The lowest BCUT2D eigenvalue weighted by atomic mass is 10.0. The number of halogens is 1. The highest BCUT2D eigenvalue weighted by atomic mass is 79.9. The van der Waals surface area contributed by atoms with Crippen molar-refractivity contribution in [2.45, 2.75) is 27.7 Å². The molecule has 0 spiro atoms. The Balaban J connectivity index is 2.09. The minimum Gasteiger partial charge on any atom is -0.306 e. The van der Waals surface area contributed by atoms with Crippen LogP contribution in [0.5, 0.6) is 0 Å². The van der Waals surface area contributed by atoms with Crippen LogP contribution in [0, 0.1) is 16.7 Å². The Morgan fingerprint density at radius 1 is 1.10 bits per heavy atom. The van der Waals surface area contributed by atoms with E-state index in [9.17, 15) is 9.59 Å². The first kappa shape index (κ1) is 13.6. The third kappa shape index (κ3) is 1.65. The van der Waals surface area contributed by atoms with Gasteiger partial charge >= 0.3 is 5.69 Å². The molecule has 2 N–H and O–H groups in total. The second kappa shape index (κ2) is 3.85. The number of carbonyl (C=O) groups excluding carboxylic acids is 1. The summed E-state index contributed by atoms with van der Waals surface area (Å²) in [4.78, 5) is 29.5. The fourth-order valence-electron chi connectivity index (χ4n) is 3.25. The number of carbonyl (C=O) groups is 1. The molecule has 1 aliphatic rings. The summed E-state index contributed by atoms with van der Waals surface area (Å²) in [7, 11) is 0. The Labute approximate surface area is 125 Å². The van der Waals surface area contributed by atoms with Crippen LogP contribution in [0.3, 0.4) is 0 Å². The summed E-state index contributed by atoms with van der Waals surface area (Å²) in [6.07, 6.45) is 0.